The fourth-order valence-electron chi connectivity index (χ4n) is 2.16. The Morgan fingerprint density at radius 2 is 2.21 bits per heavy atom. The maximum Gasteiger partial charge on any atom is 0.154 e. The molecule has 2 rings (SSSR count). The van der Waals surface area contributed by atoms with E-state index in [2.05, 4.69) is 21.2 Å². The molecule has 0 radical (unpaired) electrons. The molecule has 1 heterocycles. The second-order valence-electron chi connectivity index (χ2n) is 4.84. The molecule has 1 aromatic carbocycles. The van der Waals surface area contributed by atoms with Crippen molar-refractivity contribution in [1.82, 2.24) is 5.32 Å². The molecule has 1 aromatic rings. The maximum absolute atomic E-state index is 11.5. The lowest BCUT2D eigenvalue weighted by atomic mass is 10.1. The summed E-state index contributed by atoms with van der Waals surface area (Å²) in [6.45, 7) is 2.04. The summed E-state index contributed by atoms with van der Waals surface area (Å²) in [5.41, 5.74) is 1.04. The summed E-state index contributed by atoms with van der Waals surface area (Å²) < 4.78 is 29.8. The molecule has 2 unspecified atom stereocenters. The minimum absolute atomic E-state index is 0.118. The summed E-state index contributed by atoms with van der Waals surface area (Å²) in [5.74, 6) is 1.09. The third-order valence-electron chi connectivity index (χ3n) is 3.36. The van der Waals surface area contributed by atoms with Crippen molar-refractivity contribution in [3.63, 3.8) is 0 Å². The van der Waals surface area contributed by atoms with Gasteiger partial charge in [0.2, 0.25) is 0 Å². The Balaban J connectivity index is 2.21. The van der Waals surface area contributed by atoms with Crippen LogP contribution in [0.15, 0.2) is 22.7 Å². The van der Waals surface area contributed by atoms with E-state index in [-0.39, 0.29) is 23.7 Å². The van der Waals surface area contributed by atoms with Crippen molar-refractivity contribution in [1.29, 1.82) is 0 Å². The zero-order valence-corrected chi connectivity index (χ0v) is 13.4. The standard InChI is InChI=1S/C13H18BrNO3S/c1-9(15-2)12-4-3-10(14)7-13(12)18-11-5-6-19(16,17)8-11/h3-4,7,9,11,15H,5-6,8H2,1-2H3. The monoisotopic (exact) mass is 347 g/mol. The Morgan fingerprint density at radius 1 is 1.47 bits per heavy atom. The third-order valence-corrected chi connectivity index (χ3v) is 5.59. The van der Waals surface area contributed by atoms with Crippen LogP contribution in [-0.2, 0) is 9.84 Å². The van der Waals surface area contributed by atoms with Gasteiger partial charge in [-0.2, -0.15) is 0 Å². The van der Waals surface area contributed by atoms with Crippen molar-refractivity contribution >= 4 is 25.8 Å². The molecule has 1 saturated heterocycles. The van der Waals surface area contributed by atoms with E-state index in [4.69, 9.17) is 4.74 Å². The molecule has 1 aliphatic heterocycles. The highest BCUT2D eigenvalue weighted by molar-refractivity contribution is 9.10. The van der Waals surface area contributed by atoms with Gasteiger partial charge in [-0.15, -0.1) is 0 Å². The van der Waals surface area contributed by atoms with Crippen LogP contribution in [0.3, 0.4) is 0 Å². The van der Waals surface area contributed by atoms with Crippen molar-refractivity contribution in [2.75, 3.05) is 18.6 Å². The van der Waals surface area contributed by atoms with Gasteiger partial charge in [0.15, 0.2) is 9.84 Å². The highest BCUT2D eigenvalue weighted by atomic mass is 79.9. The van der Waals surface area contributed by atoms with Crippen molar-refractivity contribution in [2.24, 2.45) is 0 Å². The molecule has 4 nitrogen and oxygen atoms in total. The molecular weight excluding hydrogens is 330 g/mol. The van der Waals surface area contributed by atoms with Crippen LogP contribution in [0.25, 0.3) is 0 Å². The molecule has 0 aromatic heterocycles. The van der Waals surface area contributed by atoms with Gasteiger partial charge < -0.3 is 10.1 Å². The van der Waals surface area contributed by atoms with E-state index in [9.17, 15) is 8.42 Å². The van der Waals surface area contributed by atoms with Gasteiger partial charge in [-0.3, -0.25) is 0 Å². The summed E-state index contributed by atoms with van der Waals surface area (Å²) in [4.78, 5) is 0. The minimum atomic E-state index is -2.92. The van der Waals surface area contributed by atoms with Crippen molar-refractivity contribution in [2.45, 2.75) is 25.5 Å². The Bertz CT molecular complexity index is 559. The first-order valence-electron chi connectivity index (χ1n) is 6.25. The fourth-order valence-corrected chi connectivity index (χ4v) is 4.09. The average Bonchev–Trinajstić information content (AvgIpc) is 2.68. The van der Waals surface area contributed by atoms with Gasteiger partial charge in [0, 0.05) is 16.1 Å². The zero-order valence-electron chi connectivity index (χ0n) is 11.0. The lowest BCUT2D eigenvalue weighted by Gasteiger charge is -2.19. The van der Waals surface area contributed by atoms with E-state index in [1.807, 2.05) is 32.2 Å². The fraction of sp³-hybridized carbons (Fsp3) is 0.538. The van der Waals surface area contributed by atoms with Crippen molar-refractivity contribution < 1.29 is 13.2 Å². The van der Waals surface area contributed by atoms with Gasteiger partial charge in [-0.25, -0.2) is 8.42 Å². The third kappa shape index (κ3) is 3.70. The Kier molecular flexibility index (Phi) is 4.53. The topological polar surface area (TPSA) is 55.4 Å². The second-order valence-corrected chi connectivity index (χ2v) is 7.98. The number of hydrogen-bond donors (Lipinski definition) is 1. The van der Waals surface area contributed by atoms with E-state index >= 15 is 0 Å². The highest BCUT2D eigenvalue weighted by Crippen LogP contribution is 2.31. The normalized spacial score (nSPS) is 23.2. The first-order valence-corrected chi connectivity index (χ1v) is 8.86. The number of benzene rings is 1. The van der Waals surface area contributed by atoms with E-state index in [0.29, 0.717) is 6.42 Å². The number of nitrogens with one attached hydrogen (secondary N) is 1. The molecular formula is C13H18BrNO3S. The largest absolute Gasteiger partial charge is 0.489 e. The van der Waals surface area contributed by atoms with Crippen LogP contribution in [0.2, 0.25) is 0 Å². The van der Waals surface area contributed by atoms with E-state index in [0.717, 1.165) is 15.8 Å². The Labute approximate surface area is 122 Å². The molecule has 0 aliphatic carbocycles. The lowest BCUT2D eigenvalue weighted by molar-refractivity contribution is 0.225. The summed E-state index contributed by atoms with van der Waals surface area (Å²) in [6.07, 6.45) is 0.337. The van der Waals surface area contributed by atoms with Gasteiger partial charge in [-0.1, -0.05) is 22.0 Å². The lowest BCUT2D eigenvalue weighted by Crippen LogP contribution is -2.20. The van der Waals surface area contributed by atoms with Crippen LogP contribution in [0.1, 0.15) is 24.9 Å². The molecule has 106 valence electrons. The predicted octanol–water partition coefficient (Wildman–Crippen LogP) is 2.30. The van der Waals surface area contributed by atoms with Gasteiger partial charge in [0.05, 0.1) is 11.5 Å². The van der Waals surface area contributed by atoms with Gasteiger partial charge >= 0.3 is 0 Å². The number of rotatable bonds is 4. The molecule has 0 spiro atoms. The molecule has 6 heteroatoms. The van der Waals surface area contributed by atoms with Crippen LogP contribution in [0, 0.1) is 0 Å². The zero-order chi connectivity index (χ0) is 14.0. The summed E-state index contributed by atoms with van der Waals surface area (Å²) >= 11 is 3.42. The molecule has 19 heavy (non-hydrogen) atoms. The molecule has 0 bridgehead atoms. The molecule has 1 fully saturated rings. The number of sulfone groups is 1. The van der Waals surface area contributed by atoms with Crippen LogP contribution >= 0.6 is 15.9 Å². The molecule has 1 aliphatic rings. The first-order chi connectivity index (χ1) is 8.91. The second kappa shape index (κ2) is 5.81. The number of halogens is 1. The van der Waals surface area contributed by atoms with Gasteiger partial charge in [-0.05, 0) is 32.5 Å². The van der Waals surface area contributed by atoms with Crippen molar-refractivity contribution in [3.8, 4) is 5.75 Å². The van der Waals surface area contributed by atoms with Gasteiger partial charge in [0.1, 0.15) is 11.9 Å². The summed E-state index contributed by atoms with van der Waals surface area (Å²) in [7, 11) is -1.03. The van der Waals surface area contributed by atoms with Crippen LogP contribution < -0.4 is 10.1 Å². The van der Waals surface area contributed by atoms with Crippen molar-refractivity contribution in [3.05, 3.63) is 28.2 Å². The number of ether oxygens (including phenoxy) is 1. The molecule has 1 N–H and O–H groups in total. The van der Waals surface area contributed by atoms with Crippen LogP contribution in [0.4, 0.5) is 0 Å². The SMILES string of the molecule is CNC(C)c1ccc(Br)cc1OC1CCS(=O)(=O)C1. The maximum atomic E-state index is 11.5. The highest BCUT2D eigenvalue weighted by Gasteiger charge is 2.30. The minimum Gasteiger partial charge on any atom is -0.489 e. The average molecular weight is 348 g/mol. The van der Waals surface area contributed by atoms with E-state index in [1.54, 1.807) is 0 Å². The summed E-state index contributed by atoms with van der Waals surface area (Å²) in [5, 5.41) is 3.17. The first kappa shape index (κ1) is 14.8. The van der Waals surface area contributed by atoms with E-state index in [1.165, 1.54) is 0 Å². The number of hydrogen-bond acceptors (Lipinski definition) is 4. The van der Waals surface area contributed by atoms with Crippen LogP contribution in [0.5, 0.6) is 5.75 Å². The van der Waals surface area contributed by atoms with Crippen LogP contribution in [-0.4, -0.2) is 33.1 Å². The molecule has 0 saturated carbocycles. The Hall–Kier alpha value is -0.590. The van der Waals surface area contributed by atoms with E-state index < -0.39 is 9.84 Å². The molecule has 2 atom stereocenters. The Morgan fingerprint density at radius 3 is 2.79 bits per heavy atom. The summed E-state index contributed by atoms with van der Waals surface area (Å²) in [6, 6.07) is 6.00. The quantitative estimate of drug-likeness (QED) is 0.907. The smallest absolute Gasteiger partial charge is 0.154 e. The van der Waals surface area contributed by atoms with Gasteiger partial charge in [0.25, 0.3) is 0 Å². The predicted molar refractivity (Wildman–Crippen MR) is 79.3 cm³/mol. The molecule has 0 amide bonds.